The molecule has 30 heavy (non-hydrogen) atoms. The van der Waals surface area contributed by atoms with Crippen LogP contribution in [0.25, 0.3) is 0 Å². The zero-order valence-electron chi connectivity index (χ0n) is 17.0. The van der Waals surface area contributed by atoms with Gasteiger partial charge in [0.25, 0.3) is 0 Å². The Labute approximate surface area is 186 Å². The first-order valence-electron chi connectivity index (χ1n) is 9.77. The first-order chi connectivity index (χ1) is 14.5. The average molecular weight is 448 g/mol. The number of amides is 2. The van der Waals surface area contributed by atoms with E-state index in [0.29, 0.717) is 11.6 Å². The molecule has 0 saturated carbocycles. The highest BCUT2D eigenvalue weighted by atomic mass is 35.5. The number of para-hydroxylation sites is 1. The summed E-state index contributed by atoms with van der Waals surface area (Å²) in [6, 6.07) is 15.1. The van der Waals surface area contributed by atoms with Gasteiger partial charge in [0.05, 0.1) is 13.0 Å². The van der Waals surface area contributed by atoms with Gasteiger partial charge < -0.3 is 15.4 Å². The third-order valence-electron chi connectivity index (χ3n) is 5.01. The summed E-state index contributed by atoms with van der Waals surface area (Å²) in [4.78, 5) is 25.0. The molecule has 3 atom stereocenters. The second kappa shape index (κ2) is 10.7. The van der Waals surface area contributed by atoms with Gasteiger partial charge in [-0.3, -0.25) is 14.9 Å². The lowest BCUT2D eigenvalue weighted by molar-refractivity contribution is -0.133. The van der Waals surface area contributed by atoms with Crippen molar-refractivity contribution in [3.8, 4) is 5.75 Å². The van der Waals surface area contributed by atoms with Crippen molar-refractivity contribution in [3.05, 3.63) is 64.7 Å². The summed E-state index contributed by atoms with van der Waals surface area (Å²) in [5.74, 6) is 0.737. The van der Waals surface area contributed by atoms with E-state index in [1.807, 2.05) is 55.5 Å². The van der Waals surface area contributed by atoms with Gasteiger partial charge in [-0.15, -0.1) is 11.8 Å². The highest BCUT2D eigenvalue weighted by Gasteiger charge is 2.34. The van der Waals surface area contributed by atoms with Crippen LogP contribution in [0, 0.1) is 5.92 Å². The molecule has 8 heteroatoms. The van der Waals surface area contributed by atoms with Crippen molar-refractivity contribution in [2.24, 2.45) is 5.92 Å². The molecule has 2 amide bonds. The Hall–Kier alpha value is -2.22. The lowest BCUT2D eigenvalue weighted by Gasteiger charge is -2.35. The molecule has 0 aliphatic carbocycles. The van der Waals surface area contributed by atoms with Crippen LogP contribution >= 0.6 is 23.4 Å². The molecule has 3 unspecified atom stereocenters. The molecule has 0 radical (unpaired) electrons. The summed E-state index contributed by atoms with van der Waals surface area (Å²) >= 11 is 7.61. The number of ether oxygens (including phenoxy) is 1. The van der Waals surface area contributed by atoms with Crippen molar-refractivity contribution in [1.29, 1.82) is 0 Å². The standard InChI is InChI=1S/C22H26ClN3O3S/c1-14-18(11-20(27)24-12-16-7-3-4-9-19(16)29-2)21(28)26-22(25-14)30-13-15-6-5-8-17(23)10-15/h3-10,14,18,22,25H,11-13H2,1-2H3,(H,24,27)(H,26,28). The molecular formula is C22H26ClN3O3S. The van der Waals surface area contributed by atoms with Gasteiger partial charge in [0.1, 0.15) is 11.2 Å². The number of nitrogens with one attached hydrogen (secondary N) is 3. The Morgan fingerprint density at radius 3 is 2.77 bits per heavy atom. The van der Waals surface area contributed by atoms with Gasteiger partial charge in [-0.25, -0.2) is 0 Å². The lowest BCUT2D eigenvalue weighted by Crippen LogP contribution is -2.59. The van der Waals surface area contributed by atoms with Gasteiger partial charge in [-0.2, -0.15) is 0 Å². The zero-order valence-corrected chi connectivity index (χ0v) is 18.6. The van der Waals surface area contributed by atoms with Gasteiger partial charge in [-0.05, 0) is 30.7 Å². The normalized spacial score (nSPS) is 21.0. The smallest absolute Gasteiger partial charge is 0.227 e. The Bertz CT molecular complexity index is 895. The summed E-state index contributed by atoms with van der Waals surface area (Å²) in [5, 5.41) is 9.91. The number of rotatable bonds is 8. The molecule has 1 aliphatic heterocycles. The second-order valence-corrected chi connectivity index (χ2v) is 8.71. The molecule has 2 aromatic carbocycles. The fraction of sp³-hybridized carbons (Fsp3) is 0.364. The maximum Gasteiger partial charge on any atom is 0.227 e. The summed E-state index contributed by atoms with van der Waals surface area (Å²) in [7, 11) is 1.60. The van der Waals surface area contributed by atoms with Crippen molar-refractivity contribution in [2.45, 2.75) is 37.2 Å². The van der Waals surface area contributed by atoms with E-state index < -0.39 is 5.92 Å². The molecule has 0 bridgehead atoms. The van der Waals surface area contributed by atoms with Gasteiger partial charge in [0.15, 0.2) is 0 Å². The number of halogens is 1. The summed E-state index contributed by atoms with van der Waals surface area (Å²) in [6.07, 6.45) is 0.126. The number of thioether (sulfide) groups is 1. The Morgan fingerprint density at radius 1 is 1.23 bits per heavy atom. The molecular weight excluding hydrogens is 422 g/mol. The second-order valence-electron chi connectivity index (χ2n) is 7.18. The largest absolute Gasteiger partial charge is 0.496 e. The summed E-state index contributed by atoms with van der Waals surface area (Å²) in [5.41, 5.74) is 1.78. The maximum absolute atomic E-state index is 12.6. The Morgan fingerprint density at radius 2 is 2.03 bits per heavy atom. The van der Waals surface area contributed by atoms with E-state index in [4.69, 9.17) is 16.3 Å². The van der Waals surface area contributed by atoms with Crippen molar-refractivity contribution in [3.63, 3.8) is 0 Å². The van der Waals surface area contributed by atoms with Crippen LogP contribution in [-0.4, -0.2) is 30.5 Å². The lowest BCUT2D eigenvalue weighted by atomic mass is 9.94. The molecule has 6 nitrogen and oxygen atoms in total. The number of hydrogen-bond donors (Lipinski definition) is 3. The van der Waals surface area contributed by atoms with Gasteiger partial charge >= 0.3 is 0 Å². The van der Waals surface area contributed by atoms with E-state index in [1.54, 1.807) is 18.9 Å². The maximum atomic E-state index is 12.6. The van der Waals surface area contributed by atoms with E-state index >= 15 is 0 Å². The Balaban J connectivity index is 1.48. The molecule has 2 aromatic rings. The molecule has 1 fully saturated rings. The van der Waals surface area contributed by atoms with Crippen molar-refractivity contribution in [2.75, 3.05) is 7.11 Å². The van der Waals surface area contributed by atoms with E-state index in [0.717, 1.165) is 22.6 Å². The fourth-order valence-electron chi connectivity index (χ4n) is 3.34. The third kappa shape index (κ3) is 6.14. The first kappa shape index (κ1) is 22.5. The first-order valence-corrected chi connectivity index (χ1v) is 11.2. The van der Waals surface area contributed by atoms with Crippen LogP contribution in [0.15, 0.2) is 48.5 Å². The minimum absolute atomic E-state index is 0.114. The fourth-order valence-corrected chi connectivity index (χ4v) is 4.60. The quantitative estimate of drug-likeness (QED) is 0.578. The molecule has 3 rings (SSSR count). The average Bonchev–Trinajstić information content (AvgIpc) is 2.73. The van der Waals surface area contributed by atoms with Crippen molar-refractivity contribution >= 4 is 35.2 Å². The number of hydrogen-bond acceptors (Lipinski definition) is 5. The topological polar surface area (TPSA) is 79.5 Å². The van der Waals surface area contributed by atoms with Crippen LogP contribution in [0.5, 0.6) is 5.75 Å². The number of carbonyl (C=O) groups excluding carboxylic acids is 2. The van der Waals surface area contributed by atoms with Crippen LogP contribution in [0.3, 0.4) is 0 Å². The number of methoxy groups -OCH3 is 1. The van der Waals surface area contributed by atoms with Crippen LogP contribution in [-0.2, 0) is 21.9 Å². The van der Waals surface area contributed by atoms with Gasteiger partial charge in [0, 0.05) is 35.3 Å². The highest BCUT2D eigenvalue weighted by molar-refractivity contribution is 7.99. The molecule has 0 aromatic heterocycles. The van der Waals surface area contributed by atoms with E-state index in [1.165, 1.54) is 0 Å². The number of carbonyl (C=O) groups is 2. The predicted molar refractivity (Wildman–Crippen MR) is 120 cm³/mol. The minimum Gasteiger partial charge on any atom is -0.496 e. The SMILES string of the molecule is COc1ccccc1CNC(=O)CC1C(=O)NC(SCc2cccc(Cl)c2)NC1C. The zero-order chi connectivity index (χ0) is 21.5. The number of benzene rings is 2. The van der Waals surface area contributed by atoms with E-state index in [2.05, 4.69) is 16.0 Å². The molecule has 160 valence electrons. The van der Waals surface area contributed by atoms with Gasteiger partial charge in [-0.1, -0.05) is 41.9 Å². The van der Waals surface area contributed by atoms with E-state index in [9.17, 15) is 9.59 Å². The van der Waals surface area contributed by atoms with Crippen LogP contribution < -0.4 is 20.7 Å². The monoisotopic (exact) mass is 447 g/mol. The minimum atomic E-state index is -0.425. The van der Waals surface area contributed by atoms with Gasteiger partial charge in [0.2, 0.25) is 11.8 Å². The third-order valence-corrected chi connectivity index (χ3v) is 6.33. The molecule has 0 spiro atoms. The van der Waals surface area contributed by atoms with Crippen LogP contribution in [0.2, 0.25) is 5.02 Å². The molecule has 1 heterocycles. The van der Waals surface area contributed by atoms with Crippen LogP contribution in [0.4, 0.5) is 0 Å². The molecule has 1 aliphatic rings. The molecule has 3 N–H and O–H groups in total. The molecule has 1 saturated heterocycles. The van der Waals surface area contributed by atoms with Crippen molar-refractivity contribution < 1.29 is 14.3 Å². The predicted octanol–water partition coefficient (Wildman–Crippen LogP) is 3.30. The highest BCUT2D eigenvalue weighted by Crippen LogP contribution is 2.23. The summed E-state index contributed by atoms with van der Waals surface area (Å²) in [6.45, 7) is 2.29. The van der Waals surface area contributed by atoms with Crippen LogP contribution in [0.1, 0.15) is 24.5 Å². The van der Waals surface area contributed by atoms with E-state index in [-0.39, 0.29) is 29.8 Å². The summed E-state index contributed by atoms with van der Waals surface area (Å²) < 4.78 is 5.30. The van der Waals surface area contributed by atoms with Crippen molar-refractivity contribution in [1.82, 2.24) is 16.0 Å². The Kier molecular flexibility index (Phi) is 8.01.